The molecule has 2 heterocycles. The minimum atomic E-state index is -0.528. The van der Waals surface area contributed by atoms with Crippen molar-refractivity contribution in [2.45, 2.75) is 20.0 Å². The van der Waals surface area contributed by atoms with Crippen molar-refractivity contribution in [1.82, 2.24) is 9.88 Å². The Labute approximate surface area is 155 Å². The van der Waals surface area contributed by atoms with Crippen molar-refractivity contribution in [3.8, 4) is 10.6 Å². The third-order valence-electron chi connectivity index (χ3n) is 4.26. The number of rotatable bonds is 6. The highest BCUT2D eigenvalue weighted by Gasteiger charge is 2.17. The highest BCUT2D eigenvalue weighted by molar-refractivity contribution is 9.11. The van der Waals surface area contributed by atoms with Crippen molar-refractivity contribution >= 4 is 38.2 Å². The highest BCUT2D eigenvalue weighted by atomic mass is 79.9. The quantitative estimate of drug-likeness (QED) is 0.620. The Morgan fingerprint density at radius 2 is 1.92 bits per heavy atom. The molecule has 2 aromatic heterocycles. The van der Waals surface area contributed by atoms with Gasteiger partial charge in [-0.3, -0.25) is 0 Å². The molecule has 0 aliphatic rings. The predicted molar refractivity (Wildman–Crippen MR) is 106 cm³/mol. The fourth-order valence-corrected chi connectivity index (χ4v) is 4.23. The molecule has 1 unspecified atom stereocenters. The van der Waals surface area contributed by atoms with Crippen molar-refractivity contribution in [1.29, 1.82) is 0 Å². The van der Waals surface area contributed by atoms with E-state index >= 15 is 0 Å². The molecule has 1 aromatic carbocycles. The number of nitrogens with zero attached hydrogens (tertiary/aromatic N) is 2. The second-order valence-electron chi connectivity index (χ2n) is 5.72. The summed E-state index contributed by atoms with van der Waals surface area (Å²) in [5.41, 5.74) is 2.79. The second-order valence-corrected chi connectivity index (χ2v) is 8.18. The molecule has 3 nitrogen and oxygen atoms in total. The van der Waals surface area contributed by atoms with Gasteiger partial charge in [0.2, 0.25) is 0 Å². The number of thiophene rings is 1. The van der Waals surface area contributed by atoms with Crippen LogP contribution in [0.5, 0.6) is 0 Å². The van der Waals surface area contributed by atoms with E-state index in [-0.39, 0.29) is 0 Å². The number of fused-ring (bicyclic) bond motifs is 1. The summed E-state index contributed by atoms with van der Waals surface area (Å²) < 4.78 is 1.08. The van der Waals surface area contributed by atoms with Crippen LogP contribution in [0.15, 0.2) is 46.3 Å². The third-order valence-corrected chi connectivity index (χ3v) is 5.90. The number of benzene rings is 1. The maximum atomic E-state index is 10.9. The first-order valence-corrected chi connectivity index (χ1v) is 9.79. The van der Waals surface area contributed by atoms with Crippen LogP contribution in [0, 0.1) is 0 Å². The van der Waals surface area contributed by atoms with E-state index in [0.29, 0.717) is 6.54 Å². The van der Waals surface area contributed by atoms with Crippen LogP contribution in [0.1, 0.15) is 25.5 Å². The zero-order valence-corrected chi connectivity index (χ0v) is 16.3. The SMILES string of the molecule is CCN(CC)CC(O)c1cc(-c2ccc(Br)s2)nc2ccccc12. The van der Waals surface area contributed by atoms with E-state index in [2.05, 4.69) is 40.7 Å². The van der Waals surface area contributed by atoms with E-state index in [1.54, 1.807) is 11.3 Å². The number of halogens is 1. The van der Waals surface area contributed by atoms with Gasteiger partial charge in [-0.25, -0.2) is 4.98 Å². The molecule has 0 bridgehead atoms. The number of hydrogen-bond donors (Lipinski definition) is 1. The minimum Gasteiger partial charge on any atom is -0.387 e. The van der Waals surface area contributed by atoms with E-state index in [9.17, 15) is 5.11 Å². The van der Waals surface area contributed by atoms with Crippen molar-refractivity contribution in [2.75, 3.05) is 19.6 Å². The number of aliphatic hydroxyl groups is 1. The van der Waals surface area contributed by atoms with Gasteiger partial charge >= 0.3 is 0 Å². The molecular weight excluding hydrogens is 384 g/mol. The molecule has 0 amide bonds. The van der Waals surface area contributed by atoms with Gasteiger partial charge in [0.25, 0.3) is 0 Å². The number of aromatic nitrogens is 1. The van der Waals surface area contributed by atoms with Gasteiger partial charge in [0, 0.05) is 11.9 Å². The summed E-state index contributed by atoms with van der Waals surface area (Å²) in [7, 11) is 0. The van der Waals surface area contributed by atoms with Crippen LogP contribution in [-0.2, 0) is 0 Å². The molecule has 3 aromatic rings. The zero-order valence-electron chi connectivity index (χ0n) is 13.9. The summed E-state index contributed by atoms with van der Waals surface area (Å²) in [6.45, 7) is 6.74. The molecule has 1 atom stereocenters. The van der Waals surface area contributed by atoms with Crippen molar-refractivity contribution in [2.24, 2.45) is 0 Å². The minimum absolute atomic E-state index is 0.528. The first-order chi connectivity index (χ1) is 11.6. The largest absolute Gasteiger partial charge is 0.387 e. The average Bonchev–Trinajstić information content (AvgIpc) is 3.05. The lowest BCUT2D eigenvalue weighted by Crippen LogP contribution is -2.28. The van der Waals surface area contributed by atoms with Gasteiger partial charge < -0.3 is 10.0 Å². The molecule has 0 saturated heterocycles. The number of pyridine rings is 1. The number of aliphatic hydroxyl groups excluding tert-OH is 1. The monoisotopic (exact) mass is 404 g/mol. The highest BCUT2D eigenvalue weighted by Crippen LogP contribution is 2.34. The lowest BCUT2D eigenvalue weighted by molar-refractivity contribution is 0.120. The van der Waals surface area contributed by atoms with E-state index in [1.807, 2.05) is 36.4 Å². The summed E-state index contributed by atoms with van der Waals surface area (Å²) in [5.74, 6) is 0. The van der Waals surface area contributed by atoms with Gasteiger partial charge in [-0.1, -0.05) is 32.0 Å². The Bertz CT molecular complexity index is 829. The first kappa shape index (κ1) is 17.5. The van der Waals surface area contributed by atoms with E-state index in [4.69, 9.17) is 4.98 Å². The van der Waals surface area contributed by atoms with Gasteiger partial charge in [0.15, 0.2) is 0 Å². The summed E-state index contributed by atoms with van der Waals surface area (Å²) in [6, 6.07) is 14.2. The predicted octanol–water partition coefficient (Wildman–Crippen LogP) is 5.10. The molecule has 24 heavy (non-hydrogen) atoms. The summed E-state index contributed by atoms with van der Waals surface area (Å²) in [5, 5.41) is 11.9. The molecule has 0 radical (unpaired) electrons. The third kappa shape index (κ3) is 3.70. The van der Waals surface area contributed by atoms with Gasteiger partial charge in [0.1, 0.15) is 0 Å². The topological polar surface area (TPSA) is 36.4 Å². The van der Waals surface area contributed by atoms with Crippen molar-refractivity contribution < 1.29 is 5.11 Å². The molecule has 0 spiro atoms. The molecule has 5 heteroatoms. The molecule has 0 aliphatic carbocycles. The van der Waals surface area contributed by atoms with Crippen LogP contribution < -0.4 is 0 Å². The van der Waals surface area contributed by atoms with E-state index in [1.165, 1.54) is 0 Å². The molecule has 0 fully saturated rings. The molecular formula is C19H21BrN2OS. The van der Waals surface area contributed by atoms with Crippen molar-refractivity contribution in [3.05, 3.63) is 51.8 Å². The van der Waals surface area contributed by atoms with Crippen LogP contribution in [0.25, 0.3) is 21.5 Å². The number of para-hydroxylation sites is 1. The summed E-state index contributed by atoms with van der Waals surface area (Å²) >= 11 is 5.17. The van der Waals surface area contributed by atoms with E-state index in [0.717, 1.165) is 43.9 Å². The Balaban J connectivity index is 2.07. The van der Waals surface area contributed by atoms with Gasteiger partial charge in [-0.15, -0.1) is 11.3 Å². The smallest absolute Gasteiger partial charge is 0.0924 e. The van der Waals surface area contributed by atoms with Crippen LogP contribution in [0.4, 0.5) is 0 Å². The second kappa shape index (κ2) is 7.74. The Morgan fingerprint density at radius 1 is 1.17 bits per heavy atom. The van der Waals surface area contributed by atoms with E-state index < -0.39 is 6.10 Å². The van der Waals surface area contributed by atoms with Gasteiger partial charge in [-0.2, -0.15) is 0 Å². The number of likely N-dealkylation sites (N-methyl/N-ethyl adjacent to an activating group) is 1. The normalized spacial score (nSPS) is 12.9. The maximum absolute atomic E-state index is 10.9. The lowest BCUT2D eigenvalue weighted by atomic mass is 10.0. The summed E-state index contributed by atoms with van der Waals surface area (Å²) in [4.78, 5) is 8.12. The Hall–Kier alpha value is -1.27. The Kier molecular flexibility index (Phi) is 5.66. The molecule has 1 N–H and O–H groups in total. The first-order valence-electron chi connectivity index (χ1n) is 8.18. The molecule has 3 rings (SSSR count). The standard InChI is InChI=1S/C19H21BrN2OS/c1-3-22(4-2)12-17(23)14-11-16(18-9-10-19(20)24-18)21-15-8-6-5-7-13(14)15/h5-11,17,23H,3-4,12H2,1-2H3. The van der Waals surface area contributed by atoms with Crippen LogP contribution in [-0.4, -0.2) is 34.6 Å². The Morgan fingerprint density at radius 3 is 2.58 bits per heavy atom. The lowest BCUT2D eigenvalue weighted by Gasteiger charge is -2.23. The maximum Gasteiger partial charge on any atom is 0.0924 e. The van der Waals surface area contributed by atoms with Crippen LogP contribution >= 0.6 is 27.3 Å². The van der Waals surface area contributed by atoms with Gasteiger partial charge in [-0.05, 0) is 58.8 Å². The molecule has 0 saturated carbocycles. The fourth-order valence-electron chi connectivity index (χ4n) is 2.88. The molecule has 126 valence electrons. The summed E-state index contributed by atoms with van der Waals surface area (Å²) in [6.07, 6.45) is -0.528. The molecule has 0 aliphatic heterocycles. The fraction of sp³-hybridized carbons (Fsp3) is 0.316. The van der Waals surface area contributed by atoms with Gasteiger partial charge in [0.05, 0.1) is 26.0 Å². The van der Waals surface area contributed by atoms with Crippen LogP contribution in [0.2, 0.25) is 0 Å². The average molecular weight is 405 g/mol. The number of hydrogen-bond acceptors (Lipinski definition) is 4. The zero-order chi connectivity index (χ0) is 17.1. The van der Waals surface area contributed by atoms with Crippen molar-refractivity contribution in [3.63, 3.8) is 0 Å². The van der Waals surface area contributed by atoms with Crippen LogP contribution in [0.3, 0.4) is 0 Å².